The van der Waals surface area contributed by atoms with Crippen molar-refractivity contribution in [2.24, 2.45) is 5.73 Å². The molecule has 2 aliphatic rings. The minimum atomic E-state index is -5.08. The van der Waals surface area contributed by atoms with Gasteiger partial charge in [0.2, 0.25) is 0 Å². The molecule has 38 heavy (non-hydrogen) atoms. The summed E-state index contributed by atoms with van der Waals surface area (Å²) in [6.45, 7) is 4.19. The van der Waals surface area contributed by atoms with E-state index in [1.807, 2.05) is 36.4 Å². The van der Waals surface area contributed by atoms with Crippen molar-refractivity contribution >= 4 is 35.0 Å². The summed E-state index contributed by atoms with van der Waals surface area (Å²) in [5, 5.41) is 24.9. The lowest BCUT2D eigenvalue weighted by Crippen LogP contribution is -2.49. The van der Waals surface area contributed by atoms with E-state index in [1.165, 1.54) is 5.56 Å². The summed E-state index contributed by atoms with van der Waals surface area (Å²) in [5.74, 6) is -2.76. The van der Waals surface area contributed by atoms with E-state index in [1.54, 1.807) is 0 Å². The standard InChI is InChI=1S/C23H30ClN5O2.C2HF3O2/c24-17-7-5-16(6-8-17)13-28-11-9-18(10-12-28)26-20-14-29(15-22(20)30)21-4-2-1-3-19(21)27-23(25)31;3-2(4,5)1(6)7/h1-8,18,20,22,26,30H,9-15H2,(H3,25,27,31);(H,6,7)/t20-,22-;/m1./s1. The number of carbonyl (C=O) groups is 2. The molecule has 9 nitrogen and oxygen atoms in total. The van der Waals surface area contributed by atoms with E-state index in [-0.39, 0.29) is 6.04 Å². The van der Waals surface area contributed by atoms with Gasteiger partial charge < -0.3 is 31.5 Å². The largest absolute Gasteiger partial charge is 0.490 e. The van der Waals surface area contributed by atoms with Gasteiger partial charge >= 0.3 is 18.2 Å². The number of anilines is 2. The maximum atomic E-state index is 11.3. The summed E-state index contributed by atoms with van der Waals surface area (Å²) in [6, 6.07) is 15.4. The number of halogens is 4. The van der Waals surface area contributed by atoms with E-state index >= 15 is 0 Å². The zero-order valence-corrected chi connectivity index (χ0v) is 21.3. The van der Waals surface area contributed by atoms with Crippen LogP contribution >= 0.6 is 11.6 Å². The van der Waals surface area contributed by atoms with Crippen molar-refractivity contribution < 1.29 is 33.0 Å². The average Bonchev–Trinajstić information content (AvgIpc) is 3.21. The minimum absolute atomic E-state index is 0.00514. The number of nitrogens with zero attached hydrogens (tertiary/aromatic N) is 2. The number of β-amino-alcohol motifs (C(OH)–C–C–N with tert-alkyl or cyclic N) is 1. The van der Waals surface area contributed by atoms with Crippen LogP contribution in [0.15, 0.2) is 48.5 Å². The predicted octanol–water partition coefficient (Wildman–Crippen LogP) is 3.27. The first kappa shape index (κ1) is 29.5. The highest BCUT2D eigenvalue weighted by Gasteiger charge is 2.38. The number of alkyl halides is 3. The number of primary amides is 1. The number of para-hydroxylation sites is 2. The molecule has 0 unspecified atom stereocenters. The zero-order chi connectivity index (χ0) is 27.9. The number of likely N-dealkylation sites (tertiary alicyclic amines) is 1. The molecule has 6 N–H and O–H groups in total. The molecule has 2 aromatic rings. The van der Waals surface area contributed by atoms with Crippen LogP contribution in [0, 0.1) is 0 Å². The van der Waals surface area contributed by atoms with Gasteiger partial charge in [0.25, 0.3) is 0 Å². The summed E-state index contributed by atoms with van der Waals surface area (Å²) in [5.41, 5.74) is 8.12. The summed E-state index contributed by atoms with van der Waals surface area (Å²) in [7, 11) is 0. The molecule has 0 spiro atoms. The second-order valence-electron chi connectivity index (χ2n) is 9.23. The summed E-state index contributed by atoms with van der Waals surface area (Å²) < 4.78 is 31.7. The molecule has 0 saturated carbocycles. The lowest BCUT2D eigenvalue weighted by molar-refractivity contribution is -0.192. The Labute approximate surface area is 223 Å². The lowest BCUT2D eigenvalue weighted by atomic mass is 10.0. The normalized spacial score (nSPS) is 20.5. The smallest absolute Gasteiger partial charge is 0.475 e. The second-order valence-corrected chi connectivity index (χ2v) is 9.67. The SMILES string of the molecule is NC(=O)Nc1ccccc1N1C[C@@H](O)[C@H](NC2CCN(Cc3ccc(Cl)cc3)CC2)C1.O=C(O)C(F)(F)F. The fourth-order valence-electron chi connectivity index (χ4n) is 4.54. The van der Waals surface area contributed by atoms with Crippen LogP contribution in [0.5, 0.6) is 0 Å². The highest BCUT2D eigenvalue weighted by Crippen LogP contribution is 2.29. The van der Waals surface area contributed by atoms with Crippen molar-refractivity contribution in [1.82, 2.24) is 10.2 Å². The van der Waals surface area contributed by atoms with Gasteiger partial charge in [-0.15, -0.1) is 0 Å². The van der Waals surface area contributed by atoms with Gasteiger partial charge in [0.15, 0.2) is 0 Å². The van der Waals surface area contributed by atoms with E-state index in [2.05, 4.69) is 32.6 Å². The molecule has 13 heteroatoms. The number of nitrogens with one attached hydrogen (secondary N) is 2. The third-order valence-electron chi connectivity index (χ3n) is 6.39. The molecule has 0 radical (unpaired) electrons. The van der Waals surface area contributed by atoms with Crippen LogP contribution in [0.2, 0.25) is 5.02 Å². The fraction of sp³-hybridized carbons (Fsp3) is 0.440. The predicted molar refractivity (Wildman–Crippen MR) is 138 cm³/mol. The van der Waals surface area contributed by atoms with Crippen LogP contribution in [0.1, 0.15) is 18.4 Å². The average molecular weight is 558 g/mol. The number of carbonyl (C=O) groups excluding carboxylic acids is 1. The van der Waals surface area contributed by atoms with Crippen molar-refractivity contribution in [2.45, 2.75) is 43.8 Å². The summed E-state index contributed by atoms with van der Waals surface area (Å²) in [6.07, 6.45) is -3.44. The number of carboxylic acid groups (broad SMARTS) is 1. The van der Waals surface area contributed by atoms with Crippen LogP contribution < -0.4 is 21.3 Å². The number of benzene rings is 2. The quantitative estimate of drug-likeness (QED) is 0.368. The topological polar surface area (TPSA) is 131 Å². The molecule has 2 amide bonds. The fourth-order valence-corrected chi connectivity index (χ4v) is 4.67. The Morgan fingerprint density at radius 3 is 2.24 bits per heavy atom. The molecule has 208 valence electrons. The van der Waals surface area contributed by atoms with E-state index < -0.39 is 24.3 Å². The number of aliphatic hydroxyl groups is 1. The first-order valence-electron chi connectivity index (χ1n) is 12.0. The number of rotatable bonds is 6. The van der Waals surface area contributed by atoms with Gasteiger partial charge in [0.05, 0.1) is 23.5 Å². The molecule has 2 aromatic carbocycles. The highest BCUT2D eigenvalue weighted by molar-refractivity contribution is 6.30. The Morgan fingerprint density at radius 1 is 1.05 bits per heavy atom. The van der Waals surface area contributed by atoms with Gasteiger partial charge in [-0.2, -0.15) is 13.2 Å². The molecule has 0 aliphatic carbocycles. The van der Waals surface area contributed by atoms with Gasteiger partial charge in [-0.25, -0.2) is 9.59 Å². The van der Waals surface area contributed by atoms with Crippen molar-refractivity contribution in [3.63, 3.8) is 0 Å². The van der Waals surface area contributed by atoms with Gasteiger partial charge in [0.1, 0.15) is 0 Å². The number of carboxylic acids is 1. The Balaban J connectivity index is 0.000000505. The molecular weight excluding hydrogens is 527 g/mol. The maximum Gasteiger partial charge on any atom is 0.490 e. The van der Waals surface area contributed by atoms with Crippen LogP contribution in [-0.4, -0.2) is 77.7 Å². The monoisotopic (exact) mass is 557 g/mol. The van der Waals surface area contributed by atoms with E-state index in [0.29, 0.717) is 24.8 Å². The number of piperidine rings is 1. The number of hydrogen-bond acceptors (Lipinski definition) is 6. The molecule has 0 aromatic heterocycles. The molecule has 2 saturated heterocycles. The zero-order valence-electron chi connectivity index (χ0n) is 20.5. The molecular formula is C25H31ClF3N5O4. The van der Waals surface area contributed by atoms with E-state index in [9.17, 15) is 23.1 Å². The third kappa shape index (κ3) is 8.76. The maximum absolute atomic E-state index is 11.3. The first-order chi connectivity index (χ1) is 17.9. The number of aliphatic carboxylic acids is 1. The van der Waals surface area contributed by atoms with Crippen molar-refractivity contribution in [2.75, 3.05) is 36.4 Å². The summed E-state index contributed by atoms with van der Waals surface area (Å²) in [4.78, 5) is 24.8. The van der Waals surface area contributed by atoms with Crippen LogP contribution in [-0.2, 0) is 11.3 Å². The third-order valence-corrected chi connectivity index (χ3v) is 6.64. The number of aliphatic hydroxyl groups excluding tert-OH is 1. The van der Waals surface area contributed by atoms with E-state index in [0.717, 1.165) is 43.2 Å². The molecule has 2 fully saturated rings. The van der Waals surface area contributed by atoms with Crippen molar-refractivity contribution in [1.29, 1.82) is 0 Å². The Bertz CT molecular complexity index is 1080. The minimum Gasteiger partial charge on any atom is -0.475 e. The van der Waals surface area contributed by atoms with Gasteiger partial charge in [-0.3, -0.25) is 4.90 Å². The van der Waals surface area contributed by atoms with Crippen molar-refractivity contribution in [3.8, 4) is 0 Å². The van der Waals surface area contributed by atoms with Crippen LogP contribution in [0.25, 0.3) is 0 Å². The van der Waals surface area contributed by atoms with E-state index in [4.69, 9.17) is 27.2 Å². The number of amides is 2. The van der Waals surface area contributed by atoms with Crippen LogP contribution in [0.3, 0.4) is 0 Å². The highest BCUT2D eigenvalue weighted by atomic mass is 35.5. The molecule has 2 heterocycles. The number of urea groups is 1. The van der Waals surface area contributed by atoms with Gasteiger partial charge in [-0.05, 0) is 55.8 Å². The Kier molecular flexibility index (Phi) is 10.2. The molecule has 0 bridgehead atoms. The second kappa shape index (κ2) is 13.1. The van der Waals surface area contributed by atoms with Gasteiger partial charge in [-0.1, -0.05) is 35.9 Å². The first-order valence-corrected chi connectivity index (χ1v) is 12.4. The number of nitrogens with two attached hydrogens (primary N) is 1. The molecule has 4 rings (SSSR count). The summed E-state index contributed by atoms with van der Waals surface area (Å²) >= 11 is 5.98. The Hall–Kier alpha value is -3.06. The lowest BCUT2D eigenvalue weighted by Gasteiger charge is -2.34. The molecule has 2 atom stereocenters. The van der Waals surface area contributed by atoms with Crippen molar-refractivity contribution in [3.05, 3.63) is 59.1 Å². The van der Waals surface area contributed by atoms with Gasteiger partial charge in [0, 0.05) is 30.7 Å². The Morgan fingerprint density at radius 2 is 1.66 bits per heavy atom. The molecule has 2 aliphatic heterocycles. The van der Waals surface area contributed by atoms with Crippen LogP contribution in [0.4, 0.5) is 29.3 Å². The number of hydrogen-bond donors (Lipinski definition) is 5.